The third-order valence-corrected chi connectivity index (χ3v) is 11.6. The third kappa shape index (κ3) is 10.1. The summed E-state index contributed by atoms with van der Waals surface area (Å²) >= 11 is 0. The molecule has 0 atom stereocenters. The Morgan fingerprint density at radius 2 is 0.818 bits per heavy atom. The van der Waals surface area contributed by atoms with Gasteiger partial charge in [-0.1, -0.05) is 0 Å². The van der Waals surface area contributed by atoms with E-state index in [1.807, 2.05) is 41.5 Å². The van der Waals surface area contributed by atoms with E-state index in [0.29, 0.717) is 64.6 Å². The van der Waals surface area contributed by atoms with Crippen molar-refractivity contribution < 1.29 is 36.1 Å². The van der Waals surface area contributed by atoms with Crippen LogP contribution in [0, 0.1) is 5.41 Å². The fraction of sp³-hybridized carbons (Fsp3) is 0.905. The number of rotatable bonds is 22. The minimum absolute atomic E-state index is 0.187. The van der Waals surface area contributed by atoms with Gasteiger partial charge in [-0.25, -0.2) is 0 Å². The summed E-state index contributed by atoms with van der Waals surface area (Å²) in [6.07, 6.45) is 1.27. The largest absolute Gasteiger partial charge is 0.500 e. The fourth-order valence-corrected chi connectivity index (χ4v) is 9.18. The highest BCUT2D eigenvalue weighted by molar-refractivity contribution is 6.61. The summed E-state index contributed by atoms with van der Waals surface area (Å²) in [4.78, 5) is 25.0. The van der Waals surface area contributed by atoms with Gasteiger partial charge in [0.05, 0.1) is 0 Å². The maximum absolute atomic E-state index is 12.5. The first-order valence-corrected chi connectivity index (χ1v) is 16.0. The van der Waals surface area contributed by atoms with Crippen molar-refractivity contribution >= 4 is 29.4 Å². The van der Waals surface area contributed by atoms with Crippen molar-refractivity contribution in [1.82, 2.24) is 0 Å². The molecule has 0 aromatic carbocycles. The summed E-state index contributed by atoms with van der Waals surface area (Å²) in [6, 6.07) is 0.917. The lowest BCUT2D eigenvalue weighted by molar-refractivity contribution is -0.141. The molecular formula is C21H46N2O8Si2. The first-order chi connectivity index (χ1) is 15.7. The van der Waals surface area contributed by atoms with E-state index >= 15 is 0 Å². The molecule has 0 fully saturated rings. The van der Waals surface area contributed by atoms with Crippen LogP contribution in [0.1, 0.15) is 67.2 Å². The lowest BCUT2D eigenvalue weighted by atomic mass is 9.78. The normalized spacial score (nSPS) is 12.8. The van der Waals surface area contributed by atoms with Crippen LogP contribution in [-0.4, -0.2) is 69.1 Å². The summed E-state index contributed by atoms with van der Waals surface area (Å²) < 4.78 is 35.2. The lowest BCUT2D eigenvalue weighted by Gasteiger charge is -2.32. The van der Waals surface area contributed by atoms with Crippen molar-refractivity contribution in [1.29, 1.82) is 0 Å². The second-order valence-electron chi connectivity index (χ2n) is 7.48. The van der Waals surface area contributed by atoms with Crippen LogP contribution in [0.15, 0.2) is 0 Å². The molecule has 0 aromatic heterocycles. The zero-order chi connectivity index (χ0) is 25.4. The van der Waals surface area contributed by atoms with Gasteiger partial charge in [0.1, 0.15) is 5.41 Å². The van der Waals surface area contributed by atoms with Crippen molar-refractivity contribution in [3.05, 3.63) is 0 Å². The van der Waals surface area contributed by atoms with Crippen molar-refractivity contribution in [2.45, 2.75) is 79.3 Å². The highest BCUT2D eigenvalue weighted by Crippen LogP contribution is 2.34. The number of carbonyl (C=O) groups excluding carboxylic acids is 2. The first kappa shape index (κ1) is 32.1. The highest BCUT2D eigenvalue weighted by atomic mass is 28.4. The van der Waals surface area contributed by atoms with E-state index in [-0.39, 0.29) is 12.8 Å². The second-order valence-corrected chi connectivity index (χ2v) is 12.9. The zero-order valence-corrected chi connectivity index (χ0v) is 23.4. The zero-order valence-electron chi connectivity index (χ0n) is 21.4. The van der Waals surface area contributed by atoms with E-state index in [0.717, 1.165) is 0 Å². The first-order valence-electron chi connectivity index (χ1n) is 12.1. The van der Waals surface area contributed by atoms with Crippen molar-refractivity contribution in [2.24, 2.45) is 16.9 Å². The molecule has 0 aromatic rings. The topological polar surface area (TPSA) is 142 Å². The van der Waals surface area contributed by atoms with E-state index in [1.165, 1.54) is 0 Å². The van der Waals surface area contributed by atoms with Crippen LogP contribution in [0.2, 0.25) is 12.1 Å². The average Bonchev–Trinajstić information content (AvgIpc) is 2.73. The molecule has 0 aliphatic carbocycles. The van der Waals surface area contributed by atoms with E-state index < -0.39 is 34.8 Å². The lowest BCUT2D eigenvalue weighted by Crippen LogP contribution is -2.50. The smallest absolute Gasteiger partial charge is 0.374 e. The quantitative estimate of drug-likeness (QED) is 0.167. The van der Waals surface area contributed by atoms with E-state index in [4.69, 9.17) is 38.0 Å². The molecule has 0 heterocycles. The number of primary amides is 2. The Morgan fingerprint density at radius 3 is 1.00 bits per heavy atom. The summed E-state index contributed by atoms with van der Waals surface area (Å²) in [5.74, 6) is -1.47. The second kappa shape index (κ2) is 16.7. The van der Waals surface area contributed by atoms with Crippen LogP contribution >= 0.6 is 0 Å². The molecule has 0 radical (unpaired) electrons. The molecule has 2 amide bonds. The number of amides is 2. The Hall–Kier alpha value is -0.866. The van der Waals surface area contributed by atoms with Crippen LogP contribution < -0.4 is 11.5 Å². The van der Waals surface area contributed by atoms with Gasteiger partial charge in [-0.15, -0.1) is 0 Å². The predicted octanol–water partition coefficient (Wildman–Crippen LogP) is 2.60. The van der Waals surface area contributed by atoms with Crippen LogP contribution in [0.25, 0.3) is 0 Å². The van der Waals surface area contributed by atoms with Crippen LogP contribution in [0.4, 0.5) is 0 Å². The van der Waals surface area contributed by atoms with Gasteiger partial charge in [0.15, 0.2) is 0 Å². The molecule has 0 saturated carbocycles. The molecule has 0 aliphatic rings. The van der Waals surface area contributed by atoms with Gasteiger partial charge in [0, 0.05) is 51.7 Å². The molecule has 0 unspecified atom stereocenters. The monoisotopic (exact) mass is 510 g/mol. The Bertz CT molecular complexity index is 486. The SMILES string of the molecule is CCO[Si](CCCC(CCC[Si](OCC)(OCC)OCC)(C(N)=O)C(N)=O)(OCC)OCC. The van der Waals surface area contributed by atoms with Gasteiger partial charge in [-0.2, -0.15) is 0 Å². The molecule has 0 rings (SSSR count). The molecule has 0 aliphatic heterocycles. The van der Waals surface area contributed by atoms with Gasteiger partial charge in [-0.3, -0.25) is 9.59 Å². The third-order valence-electron chi connectivity index (χ3n) is 5.30. The molecule has 33 heavy (non-hydrogen) atoms. The molecule has 196 valence electrons. The average molecular weight is 511 g/mol. The van der Waals surface area contributed by atoms with Gasteiger partial charge >= 0.3 is 17.6 Å². The minimum atomic E-state index is -2.92. The minimum Gasteiger partial charge on any atom is -0.374 e. The molecule has 10 nitrogen and oxygen atoms in total. The van der Waals surface area contributed by atoms with Crippen molar-refractivity contribution in [2.75, 3.05) is 39.6 Å². The standard InChI is InChI=1S/C21H46N2O8Si2/c1-7-26-32(27-8-2,28-9-3)17-13-15-21(19(22)24,20(23)25)16-14-18-33(29-10-4,30-11-5)31-12-6/h7-18H2,1-6H3,(H2,22,24)(H2,23,25). The molecule has 4 N–H and O–H groups in total. The van der Waals surface area contributed by atoms with Crippen molar-refractivity contribution in [3.8, 4) is 0 Å². The summed E-state index contributed by atoms with van der Waals surface area (Å²) in [6.45, 7) is 13.9. The van der Waals surface area contributed by atoms with Crippen LogP contribution in [0.3, 0.4) is 0 Å². The van der Waals surface area contributed by atoms with Gasteiger partial charge in [-0.05, 0) is 67.2 Å². The van der Waals surface area contributed by atoms with Crippen LogP contribution in [0.5, 0.6) is 0 Å². The Morgan fingerprint density at radius 1 is 0.576 bits per heavy atom. The molecule has 0 saturated heterocycles. The number of hydrogen-bond donors (Lipinski definition) is 2. The summed E-state index contributed by atoms with van der Waals surface area (Å²) in [5, 5.41) is 0. The highest BCUT2D eigenvalue weighted by Gasteiger charge is 2.47. The van der Waals surface area contributed by atoms with Gasteiger partial charge < -0.3 is 38.0 Å². The fourth-order valence-electron chi connectivity index (χ4n) is 3.96. The number of hydrogen-bond acceptors (Lipinski definition) is 8. The van der Waals surface area contributed by atoms with E-state index in [2.05, 4.69) is 0 Å². The maximum Gasteiger partial charge on any atom is 0.500 e. The van der Waals surface area contributed by atoms with Crippen LogP contribution in [-0.2, 0) is 36.1 Å². The van der Waals surface area contributed by atoms with Gasteiger partial charge in [0.25, 0.3) is 0 Å². The number of nitrogens with two attached hydrogens (primary N) is 2. The molecule has 12 heteroatoms. The van der Waals surface area contributed by atoms with E-state index in [9.17, 15) is 9.59 Å². The molecular weight excluding hydrogens is 464 g/mol. The summed E-state index contributed by atoms with van der Waals surface area (Å²) in [5.41, 5.74) is 9.95. The Labute approximate surface area is 201 Å². The maximum atomic E-state index is 12.5. The molecule has 0 bridgehead atoms. The Kier molecular flexibility index (Phi) is 16.3. The van der Waals surface area contributed by atoms with Crippen molar-refractivity contribution in [3.63, 3.8) is 0 Å². The Balaban J connectivity index is 5.49. The summed E-state index contributed by atoms with van der Waals surface area (Å²) in [7, 11) is -5.83. The van der Waals surface area contributed by atoms with Gasteiger partial charge in [0.2, 0.25) is 11.8 Å². The predicted molar refractivity (Wildman–Crippen MR) is 130 cm³/mol. The van der Waals surface area contributed by atoms with E-state index in [1.54, 1.807) is 0 Å². The molecule has 0 spiro atoms. The number of carbonyl (C=O) groups is 2.